The summed E-state index contributed by atoms with van der Waals surface area (Å²) in [6.45, 7) is 1.35. The van der Waals surface area contributed by atoms with Crippen molar-refractivity contribution in [2.75, 3.05) is 0 Å². The molecule has 22 heavy (non-hydrogen) atoms. The fraction of sp³-hybridized carbons (Fsp3) is 0.176. The van der Waals surface area contributed by atoms with Gasteiger partial charge in [0.25, 0.3) is 0 Å². The van der Waals surface area contributed by atoms with Crippen molar-refractivity contribution in [1.29, 1.82) is 0 Å². The third-order valence-corrected chi connectivity index (χ3v) is 3.66. The van der Waals surface area contributed by atoms with E-state index in [1.807, 2.05) is 0 Å². The molecule has 1 aliphatic carbocycles. The van der Waals surface area contributed by atoms with Crippen molar-refractivity contribution < 1.29 is 24.5 Å². The summed E-state index contributed by atoms with van der Waals surface area (Å²) < 4.78 is 4.91. The molecule has 5 nitrogen and oxygen atoms in total. The molecule has 0 spiro atoms. The number of hydrogen-bond donors (Lipinski definition) is 2. The number of phenols is 2. The lowest BCUT2D eigenvalue weighted by molar-refractivity contribution is -0.142. The van der Waals surface area contributed by atoms with Crippen molar-refractivity contribution in [2.45, 2.75) is 20.0 Å². The predicted octanol–water partition coefficient (Wildman–Crippen LogP) is 2.30. The second-order valence-corrected chi connectivity index (χ2v) is 5.25. The van der Waals surface area contributed by atoms with E-state index >= 15 is 0 Å². The first-order chi connectivity index (χ1) is 10.5. The van der Waals surface area contributed by atoms with Crippen LogP contribution >= 0.6 is 0 Å². The number of benzene rings is 2. The molecule has 112 valence electrons. The van der Waals surface area contributed by atoms with Crippen molar-refractivity contribution in [3.8, 4) is 11.5 Å². The fourth-order valence-corrected chi connectivity index (χ4v) is 2.75. The molecule has 0 fully saturated rings. The monoisotopic (exact) mass is 298 g/mol. The maximum absolute atomic E-state index is 12.5. The Bertz CT molecular complexity index is 792. The van der Waals surface area contributed by atoms with Crippen LogP contribution in [0.1, 0.15) is 39.5 Å². The fourth-order valence-electron chi connectivity index (χ4n) is 2.75. The van der Waals surface area contributed by atoms with Crippen molar-refractivity contribution in [1.82, 2.24) is 0 Å². The minimum atomic E-state index is -0.413. The van der Waals surface area contributed by atoms with Gasteiger partial charge >= 0.3 is 5.97 Å². The van der Waals surface area contributed by atoms with E-state index in [0.29, 0.717) is 23.1 Å². The van der Waals surface area contributed by atoms with Crippen LogP contribution in [0, 0.1) is 0 Å². The lowest BCUT2D eigenvalue weighted by atomic mass is 9.83. The van der Waals surface area contributed by atoms with Crippen LogP contribution < -0.4 is 0 Å². The first-order valence-electron chi connectivity index (χ1n) is 6.81. The zero-order valence-electron chi connectivity index (χ0n) is 11.9. The van der Waals surface area contributed by atoms with Gasteiger partial charge < -0.3 is 14.9 Å². The Balaban J connectivity index is 2.05. The van der Waals surface area contributed by atoms with Crippen LogP contribution in [-0.2, 0) is 22.6 Å². The Labute approximate surface area is 126 Å². The van der Waals surface area contributed by atoms with Gasteiger partial charge in [-0.05, 0) is 35.2 Å². The third kappa shape index (κ3) is 2.30. The van der Waals surface area contributed by atoms with Gasteiger partial charge in [0.15, 0.2) is 0 Å². The Morgan fingerprint density at radius 1 is 1.14 bits per heavy atom. The van der Waals surface area contributed by atoms with Gasteiger partial charge in [0, 0.05) is 6.92 Å². The van der Waals surface area contributed by atoms with Gasteiger partial charge in [-0.2, -0.15) is 0 Å². The average Bonchev–Trinajstić information content (AvgIpc) is 2.44. The Morgan fingerprint density at radius 2 is 1.86 bits per heavy atom. The first kappa shape index (κ1) is 14.1. The Kier molecular flexibility index (Phi) is 3.33. The van der Waals surface area contributed by atoms with Crippen LogP contribution in [0.2, 0.25) is 0 Å². The summed E-state index contributed by atoms with van der Waals surface area (Å²) >= 11 is 0. The summed E-state index contributed by atoms with van der Waals surface area (Å²) in [6.07, 6.45) is 0.423. The molecule has 0 saturated carbocycles. The molecule has 2 aromatic rings. The number of ketones is 1. The van der Waals surface area contributed by atoms with Gasteiger partial charge in [-0.15, -0.1) is 0 Å². The molecule has 0 bridgehead atoms. The molecule has 0 saturated heterocycles. The Hall–Kier alpha value is -2.82. The summed E-state index contributed by atoms with van der Waals surface area (Å²) in [5.41, 5.74) is 2.41. The van der Waals surface area contributed by atoms with E-state index in [-0.39, 0.29) is 29.2 Å². The van der Waals surface area contributed by atoms with Crippen LogP contribution in [0.5, 0.6) is 11.5 Å². The summed E-state index contributed by atoms with van der Waals surface area (Å²) in [7, 11) is 0. The number of phenolic OH excluding ortho intramolecular Hbond substituents is 2. The molecule has 0 amide bonds. The van der Waals surface area contributed by atoms with Gasteiger partial charge in [0.05, 0.1) is 11.1 Å². The highest BCUT2D eigenvalue weighted by Crippen LogP contribution is 2.37. The van der Waals surface area contributed by atoms with Crippen molar-refractivity contribution in [3.05, 3.63) is 58.1 Å². The number of ether oxygens (including phenoxy) is 1. The minimum Gasteiger partial charge on any atom is -0.507 e. The molecule has 0 unspecified atom stereocenters. The zero-order chi connectivity index (χ0) is 15.9. The molecular weight excluding hydrogens is 284 g/mol. The largest absolute Gasteiger partial charge is 0.507 e. The van der Waals surface area contributed by atoms with Gasteiger partial charge in [0.2, 0.25) is 5.78 Å². The second-order valence-electron chi connectivity index (χ2n) is 5.25. The second kappa shape index (κ2) is 5.18. The van der Waals surface area contributed by atoms with Gasteiger partial charge in [0.1, 0.15) is 18.1 Å². The number of fused-ring (bicyclic) bond motifs is 2. The van der Waals surface area contributed by atoms with Crippen LogP contribution in [0.3, 0.4) is 0 Å². The third-order valence-electron chi connectivity index (χ3n) is 3.66. The smallest absolute Gasteiger partial charge is 0.302 e. The summed E-state index contributed by atoms with van der Waals surface area (Å²) in [5.74, 6) is -1.07. The van der Waals surface area contributed by atoms with Gasteiger partial charge in [-0.25, -0.2) is 0 Å². The minimum absolute atomic E-state index is 0.0389. The quantitative estimate of drug-likeness (QED) is 0.709. The van der Waals surface area contributed by atoms with E-state index in [0.717, 1.165) is 0 Å². The van der Waals surface area contributed by atoms with Crippen molar-refractivity contribution >= 4 is 11.8 Å². The SMILES string of the molecule is CC(=O)OCc1cc(O)c2c(c1)Cc1cccc(O)c1C2=O. The standard InChI is InChI=1S/C17H14O5/c1-9(18)22-8-10-5-12-7-11-3-2-4-13(19)15(11)17(21)16(12)14(20)6-10/h2-6,19-20H,7-8H2,1H3. The number of esters is 1. The molecular formula is C17H14O5. The maximum Gasteiger partial charge on any atom is 0.302 e. The zero-order valence-corrected chi connectivity index (χ0v) is 11.9. The van der Waals surface area contributed by atoms with E-state index in [9.17, 15) is 19.8 Å². The van der Waals surface area contributed by atoms with E-state index in [4.69, 9.17) is 4.74 Å². The number of hydrogen-bond acceptors (Lipinski definition) is 5. The number of carbonyl (C=O) groups excluding carboxylic acids is 2. The number of aromatic hydroxyl groups is 2. The molecule has 0 aromatic heterocycles. The molecule has 0 heterocycles. The normalized spacial score (nSPS) is 12.5. The number of rotatable bonds is 2. The molecule has 0 aliphatic heterocycles. The van der Waals surface area contributed by atoms with Gasteiger partial charge in [-0.3, -0.25) is 9.59 Å². The highest BCUT2D eigenvalue weighted by molar-refractivity contribution is 6.15. The highest BCUT2D eigenvalue weighted by Gasteiger charge is 2.29. The Morgan fingerprint density at radius 3 is 2.59 bits per heavy atom. The predicted molar refractivity (Wildman–Crippen MR) is 77.9 cm³/mol. The van der Waals surface area contributed by atoms with Crippen LogP contribution in [-0.4, -0.2) is 22.0 Å². The van der Waals surface area contributed by atoms with Crippen LogP contribution in [0.15, 0.2) is 30.3 Å². The lowest BCUT2D eigenvalue weighted by Crippen LogP contribution is -2.16. The van der Waals surface area contributed by atoms with Crippen LogP contribution in [0.4, 0.5) is 0 Å². The molecule has 0 atom stereocenters. The number of carbonyl (C=O) groups is 2. The van der Waals surface area contributed by atoms with Crippen molar-refractivity contribution in [3.63, 3.8) is 0 Å². The maximum atomic E-state index is 12.5. The van der Waals surface area contributed by atoms with Gasteiger partial charge in [-0.1, -0.05) is 18.2 Å². The summed E-state index contributed by atoms with van der Waals surface area (Å²) in [6, 6.07) is 8.04. The summed E-state index contributed by atoms with van der Waals surface area (Å²) in [4.78, 5) is 23.4. The van der Waals surface area contributed by atoms with Crippen LogP contribution in [0.25, 0.3) is 0 Å². The topological polar surface area (TPSA) is 83.8 Å². The molecule has 2 N–H and O–H groups in total. The molecule has 5 heteroatoms. The van der Waals surface area contributed by atoms with E-state index < -0.39 is 11.8 Å². The summed E-state index contributed by atoms with van der Waals surface area (Å²) in [5, 5.41) is 20.0. The average molecular weight is 298 g/mol. The van der Waals surface area contributed by atoms with E-state index in [1.165, 1.54) is 19.1 Å². The molecule has 2 aromatic carbocycles. The van der Waals surface area contributed by atoms with Crippen molar-refractivity contribution in [2.24, 2.45) is 0 Å². The lowest BCUT2D eigenvalue weighted by Gasteiger charge is -2.21. The molecule has 0 radical (unpaired) electrons. The van der Waals surface area contributed by atoms with E-state index in [2.05, 4.69) is 0 Å². The molecule has 3 rings (SSSR count). The first-order valence-corrected chi connectivity index (χ1v) is 6.81. The molecule has 1 aliphatic rings. The highest BCUT2D eigenvalue weighted by atomic mass is 16.5. The van der Waals surface area contributed by atoms with E-state index in [1.54, 1.807) is 18.2 Å².